The molecule has 0 fully saturated rings. The van der Waals surface area contributed by atoms with Gasteiger partial charge >= 0.3 is 0 Å². The molecular weight excluding hydrogens is 171 g/mol. The summed E-state index contributed by atoms with van der Waals surface area (Å²) >= 11 is 0. The van der Waals surface area contributed by atoms with Gasteiger partial charge in [0.15, 0.2) is 6.29 Å². The minimum atomic E-state index is -0.542. The Kier molecular flexibility index (Phi) is 2.93. The van der Waals surface area contributed by atoms with Crippen molar-refractivity contribution in [2.24, 2.45) is 0 Å². The Bertz CT molecular complexity index is 399. The minimum Gasteiger partial charge on any atom is -0.298 e. The maximum atomic E-state index is 12.7. The third kappa shape index (κ3) is 2.53. The van der Waals surface area contributed by atoms with E-state index in [2.05, 4.69) is 11.8 Å². The Morgan fingerprint density at radius 1 is 1.23 bits per heavy atom. The molecule has 0 bridgehead atoms. The fourth-order valence-electron chi connectivity index (χ4n) is 0.865. The average molecular weight is 176 g/mol. The lowest BCUT2D eigenvalue weighted by molar-refractivity contribution is -0.103. The Morgan fingerprint density at radius 2 is 2.00 bits per heavy atom. The number of aldehydes is 2. The van der Waals surface area contributed by atoms with Gasteiger partial charge in [-0.05, 0) is 24.1 Å². The van der Waals surface area contributed by atoms with Crippen LogP contribution in [0.1, 0.15) is 15.9 Å². The number of hydrogen-bond donors (Lipinski definition) is 0. The van der Waals surface area contributed by atoms with E-state index in [1.165, 1.54) is 6.07 Å². The van der Waals surface area contributed by atoms with E-state index in [1.807, 2.05) is 0 Å². The molecule has 1 aromatic carbocycles. The maximum Gasteiger partial charge on any atom is 0.193 e. The molecular formula is C10H5FO2. The predicted octanol–water partition coefficient (Wildman–Crippen LogP) is 1.19. The number of carbonyl (C=O) groups is 2. The van der Waals surface area contributed by atoms with Crippen LogP contribution >= 0.6 is 0 Å². The van der Waals surface area contributed by atoms with Crippen LogP contribution in [0.15, 0.2) is 18.2 Å². The molecule has 0 spiro atoms. The first-order valence-electron chi connectivity index (χ1n) is 3.47. The largest absolute Gasteiger partial charge is 0.298 e. The topological polar surface area (TPSA) is 34.1 Å². The van der Waals surface area contributed by atoms with E-state index < -0.39 is 5.82 Å². The fourth-order valence-corrected chi connectivity index (χ4v) is 0.865. The van der Waals surface area contributed by atoms with Crippen LogP contribution in [0.5, 0.6) is 0 Å². The van der Waals surface area contributed by atoms with Crippen LogP contribution in [0, 0.1) is 17.7 Å². The normalized spacial score (nSPS) is 8.38. The molecule has 2 nitrogen and oxygen atoms in total. The summed E-state index contributed by atoms with van der Waals surface area (Å²) in [5.74, 6) is 3.98. The van der Waals surface area contributed by atoms with Gasteiger partial charge in [0.05, 0.1) is 0 Å². The van der Waals surface area contributed by atoms with Gasteiger partial charge in [-0.1, -0.05) is 5.92 Å². The van der Waals surface area contributed by atoms with Gasteiger partial charge in [0.1, 0.15) is 12.1 Å². The number of carbonyl (C=O) groups excluding carboxylic acids is 2. The monoisotopic (exact) mass is 176 g/mol. The zero-order chi connectivity index (χ0) is 9.68. The molecule has 1 aromatic rings. The summed E-state index contributed by atoms with van der Waals surface area (Å²) in [4.78, 5) is 20.2. The van der Waals surface area contributed by atoms with Crippen molar-refractivity contribution in [2.75, 3.05) is 0 Å². The quantitative estimate of drug-likeness (QED) is 0.475. The molecule has 0 aliphatic rings. The summed E-state index contributed by atoms with van der Waals surface area (Å²) in [5.41, 5.74) is 0.518. The minimum absolute atomic E-state index is 0.204. The molecule has 1 rings (SSSR count). The summed E-state index contributed by atoms with van der Waals surface area (Å²) in [6.07, 6.45) is 0.931. The standard InChI is InChI=1S/C10H5FO2/c11-10-5-8(2-1-3-12)4-9(6-10)7-13/h3-7H. The van der Waals surface area contributed by atoms with Crippen molar-refractivity contribution in [2.45, 2.75) is 0 Å². The second kappa shape index (κ2) is 4.17. The van der Waals surface area contributed by atoms with Gasteiger partial charge in [-0.2, -0.15) is 0 Å². The number of hydrogen-bond acceptors (Lipinski definition) is 2. The molecule has 0 saturated carbocycles. The second-order valence-electron chi connectivity index (χ2n) is 2.28. The molecule has 0 saturated heterocycles. The van der Waals surface area contributed by atoms with Crippen molar-refractivity contribution >= 4 is 12.6 Å². The Morgan fingerprint density at radius 3 is 2.62 bits per heavy atom. The smallest absolute Gasteiger partial charge is 0.193 e. The zero-order valence-electron chi connectivity index (χ0n) is 6.58. The summed E-state index contributed by atoms with van der Waals surface area (Å²) in [5, 5.41) is 0. The molecule has 0 aromatic heterocycles. The maximum absolute atomic E-state index is 12.7. The van der Waals surface area contributed by atoms with E-state index in [9.17, 15) is 14.0 Å². The van der Waals surface area contributed by atoms with Crippen molar-refractivity contribution in [3.63, 3.8) is 0 Å². The highest BCUT2D eigenvalue weighted by atomic mass is 19.1. The Labute approximate surface area is 74.4 Å². The van der Waals surface area contributed by atoms with Gasteiger partial charge in [0.2, 0.25) is 0 Å². The summed E-state index contributed by atoms with van der Waals surface area (Å²) in [6.45, 7) is 0. The highest BCUT2D eigenvalue weighted by molar-refractivity contribution is 5.77. The van der Waals surface area contributed by atoms with Gasteiger partial charge in [-0.25, -0.2) is 4.39 Å². The lowest BCUT2D eigenvalue weighted by Crippen LogP contribution is -1.85. The van der Waals surface area contributed by atoms with Crippen molar-refractivity contribution < 1.29 is 14.0 Å². The van der Waals surface area contributed by atoms with Crippen LogP contribution in [-0.2, 0) is 4.79 Å². The first-order chi connectivity index (χ1) is 6.26. The lowest BCUT2D eigenvalue weighted by atomic mass is 10.1. The number of rotatable bonds is 1. The van der Waals surface area contributed by atoms with Crippen LogP contribution in [0.25, 0.3) is 0 Å². The average Bonchev–Trinajstić information content (AvgIpc) is 2.14. The van der Waals surface area contributed by atoms with Gasteiger partial charge in [0.25, 0.3) is 0 Å². The van der Waals surface area contributed by atoms with Crippen LogP contribution < -0.4 is 0 Å². The highest BCUT2D eigenvalue weighted by Crippen LogP contribution is 2.06. The third-order valence-electron chi connectivity index (χ3n) is 1.33. The van der Waals surface area contributed by atoms with Crippen molar-refractivity contribution in [1.82, 2.24) is 0 Å². The number of halogens is 1. The zero-order valence-corrected chi connectivity index (χ0v) is 6.58. The van der Waals surface area contributed by atoms with E-state index in [4.69, 9.17) is 0 Å². The van der Waals surface area contributed by atoms with Crippen molar-refractivity contribution in [3.05, 3.63) is 35.1 Å². The van der Waals surface area contributed by atoms with Crippen LogP contribution in [0.4, 0.5) is 4.39 Å². The van der Waals surface area contributed by atoms with Gasteiger partial charge in [0, 0.05) is 11.1 Å². The number of benzene rings is 1. The molecule has 0 aliphatic heterocycles. The SMILES string of the molecule is O=CC#Cc1cc(F)cc(C=O)c1. The molecule has 0 radical (unpaired) electrons. The Hall–Kier alpha value is -1.95. The van der Waals surface area contributed by atoms with Gasteiger partial charge < -0.3 is 0 Å². The third-order valence-corrected chi connectivity index (χ3v) is 1.33. The molecule has 0 aliphatic carbocycles. The van der Waals surface area contributed by atoms with E-state index in [1.54, 1.807) is 0 Å². The first-order valence-corrected chi connectivity index (χ1v) is 3.47. The Balaban J connectivity index is 3.15. The molecule has 64 valence electrons. The second-order valence-corrected chi connectivity index (χ2v) is 2.28. The van der Waals surface area contributed by atoms with E-state index in [0.29, 0.717) is 18.1 Å². The van der Waals surface area contributed by atoms with Crippen molar-refractivity contribution in [1.29, 1.82) is 0 Å². The van der Waals surface area contributed by atoms with Gasteiger partial charge in [-0.3, -0.25) is 9.59 Å². The van der Waals surface area contributed by atoms with Crippen LogP contribution in [0.2, 0.25) is 0 Å². The van der Waals surface area contributed by atoms with Crippen molar-refractivity contribution in [3.8, 4) is 11.8 Å². The van der Waals surface area contributed by atoms with Crippen LogP contribution in [-0.4, -0.2) is 12.6 Å². The molecule has 0 amide bonds. The molecule has 0 unspecified atom stereocenters. The first kappa shape index (κ1) is 9.14. The highest BCUT2D eigenvalue weighted by Gasteiger charge is 1.96. The fraction of sp³-hybridized carbons (Fsp3) is 0. The molecule has 3 heteroatoms. The lowest BCUT2D eigenvalue weighted by Gasteiger charge is -1.93. The predicted molar refractivity (Wildman–Crippen MR) is 44.7 cm³/mol. The van der Waals surface area contributed by atoms with E-state index >= 15 is 0 Å². The molecule has 13 heavy (non-hydrogen) atoms. The van der Waals surface area contributed by atoms with E-state index in [-0.39, 0.29) is 5.56 Å². The summed E-state index contributed by atoms with van der Waals surface area (Å²) < 4.78 is 12.7. The van der Waals surface area contributed by atoms with E-state index in [0.717, 1.165) is 12.1 Å². The summed E-state index contributed by atoms with van der Waals surface area (Å²) in [7, 11) is 0. The molecule has 0 N–H and O–H groups in total. The molecule has 0 heterocycles. The molecule has 0 atom stereocenters. The van der Waals surface area contributed by atoms with Crippen LogP contribution in [0.3, 0.4) is 0 Å². The summed E-state index contributed by atoms with van der Waals surface area (Å²) in [6, 6.07) is 3.66. The van der Waals surface area contributed by atoms with Gasteiger partial charge in [-0.15, -0.1) is 0 Å².